The number of nitrogens with one attached hydrogen (secondary N) is 2. The normalized spacial score (nSPS) is 11.4. The minimum absolute atomic E-state index is 0.148. The number of carbonyl (C=O) groups excluding carboxylic acids is 1. The number of aliphatic hydroxyl groups excluding tert-OH is 1. The minimum atomic E-state index is -0.369. The molecule has 166 valence electrons. The van der Waals surface area contributed by atoms with Crippen molar-refractivity contribution in [3.8, 4) is 22.6 Å². The molecule has 0 saturated heterocycles. The van der Waals surface area contributed by atoms with Gasteiger partial charge >= 0.3 is 0 Å². The van der Waals surface area contributed by atoms with E-state index in [1.165, 1.54) is 12.1 Å². The second kappa shape index (κ2) is 8.44. The molecule has 0 unspecified atom stereocenters. The second-order valence-corrected chi connectivity index (χ2v) is 7.55. The number of hydrogen-bond donors (Lipinski definition) is 3. The van der Waals surface area contributed by atoms with Gasteiger partial charge in [-0.1, -0.05) is 19.1 Å². The number of imidazole rings is 2. The maximum Gasteiger partial charge on any atom is 0.271 e. The van der Waals surface area contributed by atoms with Gasteiger partial charge in [0.2, 0.25) is 0 Å². The van der Waals surface area contributed by atoms with Gasteiger partial charge in [0.1, 0.15) is 28.6 Å². The van der Waals surface area contributed by atoms with Crippen LogP contribution in [0.2, 0.25) is 0 Å². The summed E-state index contributed by atoms with van der Waals surface area (Å²) in [6.07, 6.45) is 2.31. The minimum Gasteiger partial charge on any atom is -0.395 e. The van der Waals surface area contributed by atoms with E-state index in [4.69, 9.17) is 10.1 Å². The van der Waals surface area contributed by atoms with E-state index in [1.54, 1.807) is 16.7 Å². The van der Waals surface area contributed by atoms with Crippen LogP contribution in [-0.2, 0) is 6.42 Å². The summed E-state index contributed by atoms with van der Waals surface area (Å²) >= 11 is 0. The molecule has 33 heavy (non-hydrogen) atoms. The third-order valence-electron chi connectivity index (χ3n) is 5.35. The van der Waals surface area contributed by atoms with Crippen molar-refractivity contribution in [3.05, 3.63) is 72.1 Å². The molecule has 0 spiro atoms. The molecule has 5 rings (SSSR count). The Morgan fingerprint density at radius 3 is 2.79 bits per heavy atom. The Balaban J connectivity index is 1.65. The first-order valence-electron chi connectivity index (χ1n) is 10.6. The lowest BCUT2D eigenvalue weighted by atomic mass is 10.1. The molecule has 1 amide bonds. The number of nitrogens with zero attached hydrogens (tertiary/aromatic N) is 4. The fraction of sp³-hybridized carbons (Fsp3) is 0.167. The highest BCUT2D eigenvalue weighted by Gasteiger charge is 2.17. The zero-order valence-electron chi connectivity index (χ0n) is 17.8. The van der Waals surface area contributed by atoms with E-state index < -0.39 is 0 Å². The van der Waals surface area contributed by atoms with E-state index in [1.807, 2.05) is 37.3 Å². The highest BCUT2D eigenvalue weighted by Crippen LogP contribution is 2.31. The Kier molecular flexibility index (Phi) is 5.31. The van der Waals surface area contributed by atoms with Gasteiger partial charge in [-0.25, -0.2) is 19.3 Å². The van der Waals surface area contributed by atoms with Gasteiger partial charge in [0.15, 0.2) is 0 Å². The molecular formula is C24H21FN6O2. The molecule has 4 aromatic heterocycles. The van der Waals surface area contributed by atoms with Crippen molar-refractivity contribution < 1.29 is 14.3 Å². The summed E-state index contributed by atoms with van der Waals surface area (Å²) in [5.74, 6) is 0.0690. The lowest BCUT2D eigenvalue weighted by Gasteiger charge is -2.06. The van der Waals surface area contributed by atoms with E-state index in [0.717, 1.165) is 11.2 Å². The number of carbonyl (C=O) groups is 1. The molecule has 9 heteroatoms. The molecule has 1 aromatic carbocycles. The number of aromatic nitrogens is 5. The Morgan fingerprint density at radius 2 is 2.00 bits per heavy atom. The Hall–Kier alpha value is -4.11. The van der Waals surface area contributed by atoms with Crippen molar-refractivity contribution >= 4 is 22.6 Å². The fourth-order valence-electron chi connectivity index (χ4n) is 3.76. The van der Waals surface area contributed by atoms with Crippen LogP contribution in [0.3, 0.4) is 0 Å². The van der Waals surface area contributed by atoms with E-state index in [0.29, 0.717) is 40.4 Å². The molecule has 5 aromatic rings. The number of aromatic amines is 1. The zero-order chi connectivity index (χ0) is 22.9. The first kappa shape index (κ1) is 20.8. The van der Waals surface area contributed by atoms with Gasteiger partial charge in [0.25, 0.3) is 5.91 Å². The molecule has 0 saturated carbocycles. The fourth-order valence-corrected chi connectivity index (χ4v) is 3.76. The Morgan fingerprint density at radius 1 is 1.15 bits per heavy atom. The number of rotatable bonds is 6. The van der Waals surface area contributed by atoms with E-state index in [9.17, 15) is 9.18 Å². The van der Waals surface area contributed by atoms with Crippen molar-refractivity contribution in [2.45, 2.75) is 13.3 Å². The highest BCUT2D eigenvalue weighted by atomic mass is 19.1. The molecule has 0 fully saturated rings. The third-order valence-corrected chi connectivity index (χ3v) is 5.35. The second-order valence-electron chi connectivity index (χ2n) is 7.55. The monoisotopic (exact) mass is 444 g/mol. The summed E-state index contributed by atoms with van der Waals surface area (Å²) in [5, 5.41) is 12.4. The van der Waals surface area contributed by atoms with E-state index in [-0.39, 0.29) is 30.6 Å². The number of aliphatic hydroxyl groups is 1. The van der Waals surface area contributed by atoms with E-state index >= 15 is 0 Å². The van der Waals surface area contributed by atoms with Gasteiger partial charge < -0.3 is 15.4 Å². The maximum absolute atomic E-state index is 13.9. The van der Waals surface area contributed by atoms with Crippen LogP contribution in [0.15, 0.2) is 54.7 Å². The van der Waals surface area contributed by atoms with Crippen LogP contribution in [0.5, 0.6) is 0 Å². The lowest BCUT2D eigenvalue weighted by Crippen LogP contribution is -2.26. The van der Waals surface area contributed by atoms with Gasteiger partial charge in [-0.05, 0) is 36.4 Å². The van der Waals surface area contributed by atoms with Crippen LogP contribution < -0.4 is 5.32 Å². The average molecular weight is 444 g/mol. The molecule has 4 heterocycles. The molecule has 0 radical (unpaired) electrons. The molecule has 3 N–H and O–H groups in total. The predicted octanol–water partition coefficient (Wildman–Crippen LogP) is 3.36. The number of aryl methyl sites for hydroxylation is 1. The number of amides is 1. The van der Waals surface area contributed by atoms with Crippen LogP contribution in [0, 0.1) is 5.82 Å². The smallest absolute Gasteiger partial charge is 0.271 e. The standard InChI is InChI=1S/C24H21FN6O2/c1-2-19-29-21(15-4-3-5-16(25)12-15)22(30-19)17-8-6-14-7-9-20-27-18(24(33)26-10-11-32)13-31(20)23(14)28-17/h3-9,12-13,32H,2,10-11H2,1H3,(H,26,33)(H,29,30). The first-order chi connectivity index (χ1) is 16.1. The van der Waals surface area contributed by atoms with Crippen LogP contribution >= 0.6 is 0 Å². The molecule has 0 atom stereocenters. The number of H-pyrrole nitrogens is 1. The predicted molar refractivity (Wildman–Crippen MR) is 122 cm³/mol. The average Bonchev–Trinajstić information content (AvgIpc) is 3.47. The van der Waals surface area contributed by atoms with Crippen LogP contribution in [-0.4, -0.2) is 48.5 Å². The van der Waals surface area contributed by atoms with Crippen molar-refractivity contribution in [3.63, 3.8) is 0 Å². The Bertz CT molecular complexity index is 1490. The summed E-state index contributed by atoms with van der Waals surface area (Å²) in [4.78, 5) is 29.5. The van der Waals surface area contributed by atoms with Gasteiger partial charge in [-0.3, -0.25) is 9.20 Å². The highest BCUT2D eigenvalue weighted by molar-refractivity contribution is 5.93. The lowest BCUT2D eigenvalue weighted by molar-refractivity contribution is 0.0940. The van der Waals surface area contributed by atoms with Crippen LogP contribution in [0.1, 0.15) is 23.2 Å². The molecule has 0 aliphatic rings. The van der Waals surface area contributed by atoms with Crippen molar-refractivity contribution in [1.29, 1.82) is 0 Å². The van der Waals surface area contributed by atoms with E-state index in [2.05, 4.69) is 20.3 Å². The van der Waals surface area contributed by atoms with Gasteiger partial charge in [0.05, 0.1) is 23.7 Å². The summed E-state index contributed by atoms with van der Waals surface area (Å²) in [6.45, 7) is 1.99. The zero-order valence-corrected chi connectivity index (χ0v) is 17.8. The molecule has 8 nitrogen and oxygen atoms in total. The molecule has 0 aliphatic heterocycles. The van der Waals surface area contributed by atoms with Gasteiger partial charge in [-0.2, -0.15) is 0 Å². The van der Waals surface area contributed by atoms with Gasteiger partial charge in [0, 0.05) is 30.1 Å². The van der Waals surface area contributed by atoms with Crippen molar-refractivity contribution in [1.82, 2.24) is 29.7 Å². The summed E-state index contributed by atoms with van der Waals surface area (Å²) < 4.78 is 15.6. The van der Waals surface area contributed by atoms with Crippen LogP contribution in [0.4, 0.5) is 4.39 Å². The quantitative estimate of drug-likeness (QED) is 0.372. The Labute approximate surface area is 188 Å². The van der Waals surface area contributed by atoms with Crippen molar-refractivity contribution in [2.75, 3.05) is 13.2 Å². The number of fused-ring (bicyclic) bond motifs is 3. The largest absolute Gasteiger partial charge is 0.395 e. The molecular weight excluding hydrogens is 423 g/mol. The maximum atomic E-state index is 13.9. The number of pyridine rings is 2. The number of hydrogen-bond acceptors (Lipinski definition) is 5. The number of halogens is 1. The molecule has 0 aliphatic carbocycles. The SMILES string of the molecule is CCc1nc(-c2cccc(F)c2)c(-c2ccc3ccc4nc(C(=O)NCCO)cn4c3n2)[nH]1. The molecule has 0 bridgehead atoms. The third kappa shape index (κ3) is 3.83. The van der Waals surface area contributed by atoms with Crippen LogP contribution in [0.25, 0.3) is 39.3 Å². The topological polar surface area (TPSA) is 108 Å². The van der Waals surface area contributed by atoms with Crippen molar-refractivity contribution in [2.24, 2.45) is 0 Å². The summed E-state index contributed by atoms with van der Waals surface area (Å²) in [5.41, 5.74) is 4.05. The summed E-state index contributed by atoms with van der Waals surface area (Å²) in [7, 11) is 0. The summed E-state index contributed by atoms with van der Waals surface area (Å²) in [6, 6.07) is 13.8. The number of benzene rings is 1. The van der Waals surface area contributed by atoms with Gasteiger partial charge in [-0.15, -0.1) is 0 Å². The first-order valence-corrected chi connectivity index (χ1v) is 10.6.